The van der Waals surface area contributed by atoms with Crippen LogP contribution >= 0.6 is 39.9 Å². The van der Waals surface area contributed by atoms with Crippen LogP contribution in [0.25, 0.3) is 6.08 Å². The first kappa shape index (κ1) is 21.6. The number of thioether (sulfide) groups is 1. The molecule has 0 unspecified atom stereocenters. The molecule has 2 aromatic carbocycles. The van der Waals surface area contributed by atoms with Crippen LogP contribution in [0.3, 0.4) is 0 Å². The Morgan fingerprint density at radius 1 is 1.21 bits per heavy atom. The van der Waals surface area contributed by atoms with Crippen molar-refractivity contribution < 1.29 is 14.3 Å². The molecule has 1 amide bonds. The SMILES string of the molecule is C=CCN1C(=O)C(=Cc2ccc(OCCOc3cccc(C)c3)c(Br)c2)SC1=S. The van der Waals surface area contributed by atoms with Crippen LogP contribution < -0.4 is 9.47 Å². The average molecular weight is 490 g/mol. The van der Waals surface area contributed by atoms with Crippen LogP contribution in [0.1, 0.15) is 11.1 Å². The molecule has 1 saturated heterocycles. The van der Waals surface area contributed by atoms with Crippen LogP contribution in [-0.2, 0) is 4.79 Å². The van der Waals surface area contributed by atoms with E-state index in [2.05, 4.69) is 22.5 Å². The second kappa shape index (κ2) is 10.1. The van der Waals surface area contributed by atoms with Crippen molar-refractivity contribution in [1.82, 2.24) is 4.90 Å². The Balaban J connectivity index is 1.58. The average Bonchev–Trinajstić information content (AvgIpc) is 2.94. The molecular formula is C22H20BrNO3S2. The van der Waals surface area contributed by atoms with E-state index < -0.39 is 0 Å². The Morgan fingerprint density at radius 2 is 2.00 bits per heavy atom. The maximum atomic E-state index is 12.4. The monoisotopic (exact) mass is 489 g/mol. The molecule has 29 heavy (non-hydrogen) atoms. The van der Waals surface area contributed by atoms with Crippen molar-refractivity contribution >= 4 is 56.2 Å². The molecule has 0 aliphatic carbocycles. The van der Waals surface area contributed by atoms with Crippen LogP contribution in [0, 0.1) is 6.92 Å². The van der Waals surface area contributed by atoms with E-state index in [0.717, 1.165) is 21.3 Å². The lowest BCUT2D eigenvalue weighted by atomic mass is 10.2. The van der Waals surface area contributed by atoms with E-state index in [-0.39, 0.29) is 5.91 Å². The summed E-state index contributed by atoms with van der Waals surface area (Å²) in [5.74, 6) is 1.45. The summed E-state index contributed by atoms with van der Waals surface area (Å²) in [4.78, 5) is 14.6. The van der Waals surface area contributed by atoms with Crippen LogP contribution in [0.2, 0.25) is 0 Å². The molecule has 1 aliphatic heterocycles. The van der Waals surface area contributed by atoms with Crippen molar-refractivity contribution in [3.05, 3.63) is 75.6 Å². The van der Waals surface area contributed by atoms with Gasteiger partial charge in [0.25, 0.3) is 5.91 Å². The normalized spacial score (nSPS) is 15.1. The molecule has 1 aliphatic rings. The summed E-state index contributed by atoms with van der Waals surface area (Å²) in [5.41, 5.74) is 2.04. The standard InChI is InChI=1S/C22H20BrNO3S2/c1-3-9-24-21(25)20(29-22(24)28)14-16-7-8-19(18(23)13-16)27-11-10-26-17-6-4-5-15(2)12-17/h3-8,12-14H,1,9-11H2,2H3. The minimum Gasteiger partial charge on any atom is -0.490 e. The fourth-order valence-corrected chi connectivity index (χ4v) is 4.46. The second-order valence-electron chi connectivity index (χ2n) is 6.28. The molecule has 0 aromatic heterocycles. The van der Waals surface area contributed by atoms with Crippen molar-refractivity contribution in [3.63, 3.8) is 0 Å². The first-order valence-corrected chi connectivity index (χ1v) is 11.0. The number of halogens is 1. The van der Waals surface area contributed by atoms with Gasteiger partial charge in [0.2, 0.25) is 0 Å². The summed E-state index contributed by atoms with van der Waals surface area (Å²) in [6, 6.07) is 13.6. The van der Waals surface area contributed by atoms with E-state index in [1.165, 1.54) is 11.8 Å². The first-order chi connectivity index (χ1) is 14.0. The van der Waals surface area contributed by atoms with Gasteiger partial charge in [0, 0.05) is 6.54 Å². The highest BCUT2D eigenvalue weighted by atomic mass is 79.9. The lowest BCUT2D eigenvalue weighted by molar-refractivity contribution is -0.121. The first-order valence-electron chi connectivity index (χ1n) is 8.96. The molecular weight excluding hydrogens is 470 g/mol. The van der Waals surface area contributed by atoms with Gasteiger partial charge in [0.05, 0.1) is 9.38 Å². The van der Waals surface area contributed by atoms with Crippen LogP contribution in [0.4, 0.5) is 0 Å². The number of rotatable bonds is 8. The van der Waals surface area contributed by atoms with Crippen LogP contribution in [-0.4, -0.2) is 34.9 Å². The van der Waals surface area contributed by atoms with Gasteiger partial charge in [-0.3, -0.25) is 9.69 Å². The Morgan fingerprint density at radius 3 is 2.72 bits per heavy atom. The van der Waals surface area contributed by atoms with Crippen molar-refractivity contribution in [1.29, 1.82) is 0 Å². The highest BCUT2D eigenvalue weighted by Crippen LogP contribution is 2.34. The van der Waals surface area contributed by atoms with Gasteiger partial charge in [0.15, 0.2) is 0 Å². The van der Waals surface area contributed by atoms with E-state index in [9.17, 15) is 4.79 Å². The second-order valence-corrected chi connectivity index (χ2v) is 8.81. The molecule has 0 spiro atoms. The lowest BCUT2D eigenvalue weighted by Crippen LogP contribution is -2.27. The molecule has 0 N–H and O–H groups in total. The highest BCUT2D eigenvalue weighted by Gasteiger charge is 2.30. The maximum Gasteiger partial charge on any atom is 0.266 e. The zero-order valence-electron chi connectivity index (χ0n) is 15.9. The summed E-state index contributed by atoms with van der Waals surface area (Å²) in [6.07, 6.45) is 3.50. The summed E-state index contributed by atoms with van der Waals surface area (Å²) in [7, 11) is 0. The zero-order chi connectivity index (χ0) is 20.8. The lowest BCUT2D eigenvalue weighted by Gasteiger charge is -2.11. The number of hydrogen-bond acceptors (Lipinski definition) is 5. The van der Waals surface area contributed by atoms with Crippen LogP contribution in [0.5, 0.6) is 11.5 Å². The molecule has 2 aromatic rings. The highest BCUT2D eigenvalue weighted by molar-refractivity contribution is 9.10. The number of amides is 1. The number of benzene rings is 2. The van der Waals surface area contributed by atoms with Crippen LogP contribution in [0.15, 0.2) is 64.5 Å². The Labute approximate surface area is 188 Å². The summed E-state index contributed by atoms with van der Waals surface area (Å²) in [6.45, 7) is 6.98. The number of ether oxygens (including phenoxy) is 2. The molecule has 1 heterocycles. The number of thiocarbonyl (C=S) groups is 1. The van der Waals surface area contributed by atoms with Crippen molar-refractivity contribution in [2.75, 3.05) is 19.8 Å². The maximum absolute atomic E-state index is 12.4. The molecule has 0 bridgehead atoms. The molecule has 0 atom stereocenters. The number of hydrogen-bond donors (Lipinski definition) is 0. The molecule has 150 valence electrons. The molecule has 4 nitrogen and oxygen atoms in total. The fourth-order valence-electron chi connectivity index (χ4n) is 2.68. The Kier molecular flexibility index (Phi) is 7.52. The third kappa shape index (κ3) is 5.72. The molecule has 0 saturated carbocycles. The Hall–Kier alpha value is -2.09. The smallest absolute Gasteiger partial charge is 0.266 e. The summed E-state index contributed by atoms with van der Waals surface area (Å²) in [5, 5.41) is 0. The predicted molar refractivity (Wildman–Crippen MR) is 126 cm³/mol. The van der Waals surface area contributed by atoms with E-state index in [1.54, 1.807) is 11.0 Å². The van der Waals surface area contributed by atoms with Gasteiger partial charge in [-0.15, -0.1) is 6.58 Å². The number of nitrogens with zero attached hydrogens (tertiary/aromatic N) is 1. The molecule has 3 rings (SSSR count). The van der Waals surface area contributed by atoms with Gasteiger partial charge in [-0.2, -0.15) is 0 Å². The minimum absolute atomic E-state index is 0.0929. The van der Waals surface area contributed by atoms with Gasteiger partial charge in [-0.25, -0.2) is 0 Å². The summed E-state index contributed by atoms with van der Waals surface area (Å²) < 4.78 is 12.9. The van der Waals surface area contributed by atoms with E-state index in [0.29, 0.717) is 34.7 Å². The van der Waals surface area contributed by atoms with Gasteiger partial charge in [-0.05, 0) is 64.3 Å². The third-order valence-electron chi connectivity index (χ3n) is 4.04. The van der Waals surface area contributed by atoms with Crippen molar-refractivity contribution in [2.24, 2.45) is 0 Å². The van der Waals surface area contributed by atoms with Gasteiger partial charge >= 0.3 is 0 Å². The fraction of sp³-hybridized carbons (Fsp3) is 0.182. The third-order valence-corrected chi connectivity index (χ3v) is 6.04. The number of carbonyl (C=O) groups excluding carboxylic acids is 1. The van der Waals surface area contributed by atoms with E-state index in [1.807, 2.05) is 55.5 Å². The number of aryl methyl sites for hydroxylation is 1. The quantitative estimate of drug-likeness (QED) is 0.208. The van der Waals surface area contributed by atoms with Crippen molar-refractivity contribution in [2.45, 2.75) is 6.92 Å². The van der Waals surface area contributed by atoms with E-state index in [4.69, 9.17) is 21.7 Å². The van der Waals surface area contributed by atoms with Gasteiger partial charge in [0.1, 0.15) is 29.0 Å². The van der Waals surface area contributed by atoms with Gasteiger partial charge < -0.3 is 9.47 Å². The summed E-state index contributed by atoms with van der Waals surface area (Å²) >= 11 is 10.1. The van der Waals surface area contributed by atoms with E-state index >= 15 is 0 Å². The molecule has 7 heteroatoms. The zero-order valence-corrected chi connectivity index (χ0v) is 19.1. The number of carbonyl (C=O) groups is 1. The van der Waals surface area contributed by atoms with Crippen molar-refractivity contribution in [3.8, 4) is 11.5 Å². The predicted octanol–water partition coefficient (Wildman–Crippen LogP) is 5.60. The largest absolute Gasteiger partial charge is 0.490 e. The Bertz CT molecular complexity index is 974. The minimum atomic E-state index is -0.0929. The molecule has 0 radical (unpaired) electrons. The molecule has 1 fully saturated rings. The topological polar surface area (TPSA) is 38.8 Å². The van der Waals surface area contributed by atoms with Gasteiger partial charge in [-0.1, -0.05) is 48.3 Å².